The zero-order valence-corrected chi connectivity index (χ0v) is 12.7. The highest BCUT2D eigenvalue weighted by molar-refractivity contribution is 7.92. The van der Waals surface area contributed by atoms with Crippen molar-refractivity contribution in [1.82, 2.24) is 5.32 Å². The molecule has 1 heterocycles. The van der Waals surface area contributed by atoms with E-state index in [9.17, 15) is 18.0 Å². The van der Waals surface area contributed by atoms with Crippen LogP contribution in [0.4, 0.5) is 0 Å². The van der Waals surface area contributed by atoms with Gasteiger partial charge in [-0.3, -0.25) is 9.59 Å². The highest BCUT2D eigenvalue weighted by Gasteiger charge is 2.22. The van der Waals surface area contributed by atoms with Gasteiger partial charge in [0.15, 0.2) is 15.6 Å². The predicted octanol–water partition coefficient (Wildman–Crippen LogP) is 1.53. The van der Waals surface area contributed by atoms with Gasteiger partial charge in [0, 0.05) is 6.54 Å². The summed E-state index contributed by atoms with van der Waals surface area (Å²) in [5, 5.41) is 2.46. The molecule has 0 aliphatic heterocycles. The van der Waals surface area contributed by atoms with Gasteiger partial charge < -0.3 is 5.32 Å². The number of Topliss-reactive ketones (excluding diaryl/α,β-unsaturated/α-hetero) is 1. The van der Waals surface area contributed by atoms with Gasteiger partial charge in [-0.25, -0.2) is 8.42 Å². The van der Waals surface area contributed by atoms with E-state index in [0.29, 0.717) is 10.9 Å². The van der Waals surface area contributed by atoms with E-state index < -0.39 is 33.0 Å². The van der Waals surface area contributed by atoms with Crippen molar-refractivity contribution >= 4 is 44.5 Å². The minimum Gasteiger partial charge on any atom is -0.355 e. The van der Waals surface area contributed by atoms with Crippen LogP contribution in [0.1, 0.15) is 23.0 Å². The van der Waals surface area contributed by atoms with Crippen LogP contribution in [0.5, 0.6) is 0 Å². The molecule has 1 N–H and O–H groups in total. The number of amides is 1. The van der Waals surface area contributed by atoms with E-state index >= 15 is 0 Å². The molecule has 1 amide bonds. The van der Waals surface area contributed by atoms with Crippen LogP contribution in [-0.2, 0) is 14.6 Å². The van der Waals surface area contributed by atoms with Crippen LogP contribution in [0.3, 0.4) is 0 Å². The van der Waals surface area contributed by atoms with Gasteiger partial charge in [-0.1, -0.05) is 18.5 Å². The van der Waals surface area contributed by atoms with Crippen LogP contribution < -0.4 is 5.32 Å². The topological polar surface area (TPSA) is 80.3 Å². The average Bonchev–Trinajstić information content (AvgIpc) is 2.72. The van der Waals surface area contributed by atoms with Crippen LogP contribution in [0.25, 0.3) is 0 Å². The fraction of sp³-hybridized carbons (Fsp3) is 0.455. The molecule has 0 spiro atoms. The molecular formula is C11H14ClNO4S2. The summed E-state index contributed by atoms with van der Waals surface area (Å²) in [4.78, 5) is 23.3. The van der Waals surface area contributed by atoms with Gasteiger partial charge >= 0.3 is 0 Å². The second-order valence-corrected chi connectivity index (χ2v) is 7.69. The minimum absolute atomic E-state index is 0.280. The molecule has 19 heavy (non-hydrogen) atoms. The van der Waals surface area contributed by atoms with Crippen LogP contribution >= 0.6 is 22.9 Å². The molecule has 0 fully saturated rings. The number of ketones is 1. The fourth-order valence-corrected chi connectivity index (χ4v) is 3.53. The standard InChI is InChI=1S/C11H14ClNO4S2/c1-2-5-13-11(15)7-19(16,17)6-8(14)9-3-4-10(12)18-9/h3-4H,2,5-7H2,1H3,(H,13,15). The maximum absolute atomic E-state index is 11.7. The Morgan fingerprint density at radius 1 is 1.32 bits per heavy atom. The van der Waals surface area contributed by atoms with Crippen molar-refractivity contribution in [3.05, 3.63) is 21.3 Å². The maximum atomic E-state index is 11.7. The largest absolute Gasteiger partial charge is 0.355 e. The monoisotopic (exact) mass is 323 g/mol. The van der Waals surface area contributed by atoms with E-state index in [1.807, 2.05) is 6.92 Å². The quantitative estimate of drug-likeness (QED) is 0.772. The third-order valence-corrected chi connectivity index (χ3v) is 4.80. The maximum Gasteiger partial charge on any atom is 0.235 e. The van der Waals surface area contributed by atoms with E-state index in [4.69, 9.17) is 11.6 Å². The highest BCUT2D eigenvalue weighted by Crippen LogP contribution is 2.22. The summed E-state index contributed by atoms with van der Waals surface area (Å²) in [6.45, 7) is 2.28. The Kier molecular flexibility index (Phi) is 5.96. The minimum atomic E-state index is -3.75. The molecule has 0 unspecified atom stereocenters. The third kappa shape index (κ3) is 5.71. The summed E-state index contributed by atoms with van der Waals surface area (Å²) in [6.07, 6.45) is 0.721. The summed E-state index contributed by atoms with van der Waals surface area (Å²) >= 11 is 6.69. The van der Waals surface area contributed by atoms with Crippen molar-refractivity contribution < 1.29 is 18.0 Å². The normalized spacial score (nSPS) is 11.3. The third-order valence-electron chi connectivity index (χ3n) is 2.12. The van der Waals surface area contributed by atoms with E-state index in [0.717, 1.165) is 17.8 Å². The van der Waals surface area contributed by atoms with E-state index in [1.165, 1.54) is 12.1 Å². The average molecular weight is 324 g/mol. The Balaban J connectivity index is 2.59. The van der Waals surface area contributed by atoms with Gasteiger partial charge in [-0.2, -0.15) is 0 Å². The molecule has 5 nitrogen and oxygen atoms in total. The molecule has 1 aromatic rings. The number of hydrogen-bond acceptors (Lipinski definition) is 5. The molecule has 8 heteroatoms. The number of halogens is 1. The van der Waals surface area contributed by atoms with Crippen LogP contribution in [0, 0.1) is 0 Å². The molecule has 0 aliphatic carbocycles. The van der Waals surface area contributed by atoms with Gasteiger partial charge in [0.05, 0.1) is 9.21 Å². The number of carbonyl (C=O) groups is 2. The first-order chi connectivity index (χ1) is 8.84. The molecule has 0 atom stereocenters. The Bertz CT molecular complexity index is 565. The summed E-state index contributed by atoms with van der Waals surface area (Å²) in [5.41, 5.74) is 0. The molecule has 106 valence electrons. The highest BCUT2D eigenvalue weighted by atomic mass is 35.5. The molecule has 0 aromatic carbocycles. The number of hydrogen-bond donors (Lipinski definition) is 1. The molecule has 0 aliphatic rings. The number of rotatable bonds is 7. The zero-order chi connectivity index (χ0) is 14.5. The molecule has 1 rings (SSSR count). The molecule has 1 aromatic heterocycles. The number of sulfone groups is 1. The molecule has 0 saturated heterocycles. The lowest BCUT2D eigenvalue weighted by molar-refractivity contribution is -0.118. The lowest BCUT2D eigenvalue weighted by atomic mass is 10.4. The van der Waals surface area contributed by atoms with Crippen molar-refractivity contribution in [3.8, 4) is 0 Å². The van der Waals surface area contributed by atoms with E-state index in [-0.39, 0.29) is 4.88 Å². The summed E-state index contributed by atoms with van der Waals surface area (Å²) in [5.74, 6) is -2.47. The van der Waals surface area contributed by atoms with Gasteiger partial charge in [0.25, 0.3) is 0 Å². The van der Waals surface area contributed by atoms with Crippen molar-refractivity contribution in [3.63, 3.8) is 0 Å². The number of nitrogens with one attached hydrogen (secondary N) is 1. The summed E-state index contributed by atoms with van der Waals surface area (Å²) < 4.78 is 23.8. The van der Waals surface area contributed by atoms with Crippen LogP contribution in [-0.4, -0.2) is 38.2 Å². The van der Waals surface area contributed by atoms with Gasteiger partial charge in [-0.15, -0.1) is 11.3 Å². The van der Waals surface area contributed by atoms with Gasteiger partial charge in [0.2, 0.25) is 5.91 Å². The fourth-order valence-electron chi connectivity index (χ4n) is 1.30. The van der Waals surface area contributed by atoms with Crippen LogP contribution in [0.15, 0.2) is 12.1 Å². The number of carbonyl (C=O) groups excluding carboxylic acids is 2. The molecule has 0 saturated carbocycles. The van der Waals surface area contributed by atoms with E-state index in [1.54, 1.807) is 0 Å². The van der Waals surface area contributed by atoms with Gasteiger partial charge in [-0.05, 0) is 18.6 Å². The first-order valence-corrected chi connectivity index (χ1v) is 8.61. The summed E-state index contributed by atoms with van der Waals surface area (Å²) in [7, 11) is -3.75. The zero-order valence-electron chi connectivity index (χ0n) is 10.3. The smallest absolute Gasteiger partial charge is 0.235 e. The van der Waals surface area contributed by atoms with Crippen molar-refractivity contribution in [2.24, 2.45) is 0 Å². The first-order valence-electron chi connectivity index (χ1n) is 5.59. The Hall–Kier alpha value is -0.920. The molecule has 0 bridgehead atoms. The number of thiophene rings is 1. The van der Waals surface area contributed by atoms with Crippen LogP contribution in [0.2, 0.25) is 4.34 Å². The first kappa shape index (κ1) is 16.1. The Labute approximate surface area is 120 Å². The molecule has 0 radical (unpaired) electrons. The van der Waals surface area contributed by atoms with Crippen molar-refractivity contribution in [1.29, 1.82) is 0 Å². The van der Waals surface area contributed by atoms with E-state index in [2.05, 4.69) is 5.32 Å². The second kappa shape index (κ2) is 7.02. The SMILES string of the molecule is CCCNC(=O)CS(=O)(=O)CC(=O)c1ccc(Cl)s1. The van der Waals surface area contributed by atoms with Gasteiger partial charge in [0.1, 0.15) is 11.5 Å². The van der Waals surface area contributed by atoms with Crippen molar-refractivity contribution in [2.45, 2.75) is 13.3 Å². The Morgan fingerprint density at radius 3 is 2.53 bits per heavy atom. The second-order valence-electron chi connectivity index (χ2n) is 3.91. The lowest BCUT2D eigenvalue weighted by Crippen LogP contribution is -2.33. The van der Waals surface area contributed by atoms with Crippen molar-refractivity contribution in [2.75, 3.05) is 18.1 Å². The molecular weight excluding hydrogens is 310 g/mol. The summed E-state index contributed by atoms with van der Waals surface area (Å²) in [6, 6.07) is 3.00. The Morgan fingerprint density at radius 2 is 2.00 bits per heavy atom. The predicted molar refractivity (Wildman–Crippen MR) is 75.6 cm³/mol. The lowest BCUT2D eigenvalue weighted by Gasteiger charge is -2.04.